The van der Waals surface area contributed by atoms with Crippen molar-refractivity contribution in [3.05, 3.63) is 48.4 Å². The van der Waals surface area contributed by atoms with Gasteiger partial charge in [-0.2, -0.15) is 0 Å². The zero-order chi connectivity index (χ0) is 11.4. The minimum absolute atomic E-state index is 0.0138. The van der Waals surface area contributed by atoms with Gasteiger partial charge in [-0.15, -0.1) is 0 Å². The smallest absolute Gasteiger partial charge is 0.232 e. The standard InChI is InChI=1S/C12H12N2O2/c1-14(11-5-3-2-4-6-11)12(15)9-10-7-8-16-13-10/h2-8H,9H2,1H3. The molecule has 0 bridgehead atoms. The third kappa shape index (κ3) is 2.28. The summed E-state index contributed by atoms with van der Waals surface area (Å²) in [6, 6.07) is 11.2. The van der Waals surface area contributed by atoms with E-state index in [9.17, 15) is 4.79 Å². The van der Waals surface area contributed by atoms with Gasteiger partial charge in [-0.25, -0.2) is 0 Å². The van der Waals surface area contributed by atoms with Gasteiger partial charge in [0.05, 0.1) is 12.1 Å². The van der Waals surface area contributed by atoms with Crippen LogP contribution in [0.3, 0.4) is 0 Å². The molecule has 0 fully saturated rings. The lowest BCUT2D eigenvalue weighted by atomic mass is 10.2. The molecule has 0 saturated carbocycles. The van der Waals surface area contributed by atoms with Gasteiger partial charge in [-0.3, -0.25) is 4.79 Å². The molecule has 4 heteroatoms. The van der Waals surface area contributed by atoms with Crippen molar-refractivity contribution < 1.29 is 9.32 Å². The molecule has 1 heterocycles. The number of nitrogens with zero attached hydrogens (tertiary/aromatic N) is 2. The van der Waals surface area contributed by atoms with Crippen molar-refractivity contribution in [2.45, 2.75) is 6.42 Å². The molecule has 4 nitrogen and oxygen atoms in total. The highest BCUT2D eigenvalue weighted by molar-refractivity contribution is 5.93. The van der Waals surface area contributed by atoms with Crippen LogP contribution < -0.4 is 4.90 Å². The second kappa shape index (κ2) is 4.61. The molecule has 1 amide bonds. The van der Waals surface area contributed by atoms with Crippen LogP contribution in [0.1, 0.15) is 5.69 Å². The molecule has 82 valence electrons. The molecule has 0 atom stereocenters. The topological polar surface area (TPSA) is 46.3 Å². The van der Waals surface area contributed by atoms with E-state index in [0.29, 0.717) is 5.69 Å². The van der Waals surface area contributed by atoms with Crippen molar-refractivity contribution in [2.24, 2.45) is 0 Å². The summed E-state index contributed by atoms with van der Waals surface area (Å²) >= 11 is 0. The molecule has 0 aliphatic rings. The van der Waals surface area contributed by atoms with Gasteiger partial charge in [0.25, 0.3) is 0 Å². The van der Waals surface area contributed by atoms with Crippen molar-refractivity contribution in [1.29, 1.82) is 0 Å². The van der Waals surface area contributed by atoms with Crippen molar-refractivity contribution in [3.63, 3.8) is 0 Å². The first-order valence-electron chi connectivity index (χ1n) is 4.98. The highest BCUT2D eigenvalue weighted by Crippen LogP contribution is 2.12. The molecule has 0 radical (unpaired) electrons. The molecule has 16 heavy (non-hydrogen) atoms. The molecule has 0 unspecified atom stereocenters. The summed E-state index contributed by atoms with van der Waals surface area (Å²) in [5, 5.41) is 3.71. The number of hydrogen-bond donors (Lipinski definition) is 0. The molecular formula is C12H12N2O2. The van der Waals surface area contributed by atoms with E-state index in [0.717, 1.165) is 5.69 Å². The summed E-state index contributed by atoms with van der Waals surface area (Å²) in [5.41, 5.74) is 1.52. The molecular weight excluding hydrogens is 204 g/mol. The zero-order valence-corrected chi connectivity index (χ0v) is 8.96. The molecule has 0 N–H and O–H groups in total. The summed E-state index contributed by atoms with van der Waals surface area (Å²) < 4.78 is 4.68. The van der Waals surface area contributed by atoms with Gasteiger partial charge in [0.1, 0.15) is 6.26 Å². The van der Waals surface area contributed by atoms with E-state index in [-0.39, 0.29) is 12.3 Å². The van der Waals surface area contributed by atoms with Crippen molar-refractivity contribution in [2.75, 3.05) is 11.9 Å². The number of anilines is 1. The van der Waals surface area contributed by atoms with Crippen LogP contribution >= 0.6 is 0 Å². The van der Waals surface area contributed by atoms with Gasteiger partial charge in [0.2, 0.25) is 5.91 Å². The van der Waals surface area contributed by atoms with Crippen LogP contribution in [0.25, 0.3) is 0 Å². The first-order valence-corrected chi connectivity index (χ1v) is 4.98. The summed E-state index contributed by atoms with van der Waals surface area (Å²) in [4.78, 5) is 13.5. The quantitative estimate of drug-likeness (QED) is 0.787. The van der Waals surface area contributed by atoms with E-state index in [1.54, 1.807) is 18.0 Å². The molecule has 1 aromatic heterocycles. The zero-order valence-electron chi connectivity index (χ0n) is 8.96. The van der Waals surface area contributed by atoms with Crippen LogP contribution in [-0.2, 0) is 11.2 Å². The maximum absolute atomic E-state index is 11.9. The Bertz CT molecular complexity index is 451. The average Bonchev–Trinajstić information content (AvgIpc) is 2.82. The number of rotatable bonds is 3. The molecule has 0 saturated heterocycles. The Morgan fingerprint density at radius 1 is 1.31 bits per heavy atom. The number of carbonyl (C=O) groups is 1. The Morgan fingerprint density at radius 2 is 2.06 bits per heavy atom. The van der Waals surface area contributed by atoms with Crippen LogP contribution in [0.4, 0.5) is 5.69 Å². The molecule has 2 rings (SSSR count). The van der Waals surface area contributed by atoms with Gasteiger partial charge in [-0.05, 0) is 12.1 Å². The van der Waals surface area contributed by atoms with Crippen LogP contribution in [0, 0.1) is 0 Å². The van der Waals surface area contributed by atoms with Crippen molar-refractivity contribution >= 4 is 11.6 Å². The number of aromatic nitrogens is 1. The number of carbonyl (C=O) groups excluding carboxylic acids is 1. The molecule has 0 spiro atoms. The Balaban J connectivity index is 2.05. The summed E-state index contributed by atoms with van der Waals surface area (Å²) in [5.74, 6) is -0.0138. The van der Waals surface area contributed by atoms with E-state index in [2.05, 4.69) is 9.68 Å². The number of para-hydroxylation sites is 1. The third-order valence-electron chi connectivity index (χ3n) is 2.34. The van der Waals surface area contributed by atoms with Crippen LogP contribution in [0.2, 0.25) is 0 Å². The van der Waals surface area contributed by atoms with Crippen LogP contribution in [0.5, 0.6) is 0 Å². The second-order valence-corrected chi connectivity index (χ2v) is 3.46. The lowest BCUT2D eigenvalue weighted by Crippen LogP contribution is -2.27. The largest absolute Gasteiger partial charge is 0.364 e. The van der Waals surface area contributed by atoms with Gasteiger partial charge < -0.3 is 9.42 Å². The lowest BCUT2D eigenvalue weighted by molar-refractivity contribution is -0.117. The van der Waals surface area contributed by atoms with Gasteiger partial charge in [-0.1, -0.05) is 23.4 Å². The Kier molecular flexibility index (Phi) is 3.00. The number of hydrogen-bond acceptors (Lipinski definition) is 3. The minimum atomic E-state index is -0.0138. The third-order valence-corrected chi connectivity index (χ3v) is 2.34. The van der Waals surface area contributed by atoms with Gasteiger partial charge in [0, 0.05) is 18.8 Å². The van der Waals surface area contributed by atoms with E-state index < -0.39 is 0 Å². The molecule has 0 aliphatic carbocycles. The number of amides is 1. The maximum atomic E-state index is 11.9. The van der Waals surface area contributed by atoms with Crippen LogP contribution in [0.15, 0.2) is 47.2 Å². The fraction of sp³-hybridized carbons (Fsp3) is 0.167. The van der Waals surface area contributed by atoms with Gasteiger partial charge >= 0.3 is 0 Å². The van der Waals surface area contributed by atoms with E-state index in [1.807, 2.05) is 30.3 Å². The monoisotopic (exact) mass is 216 g/mol. The average molecular weight is 216 g/mol. The van der Waals surface area contributed by atoms with Gasteiger partial charge in [0.15, 0.2) is 0 Å². The fourth-order valence-corrected chi connectivity index (χ4v) is 1.40. The van der Waals surface area contributed by atoms with E-state index >= 15 is 0 Å². The first-order chi connectivity index (χ1) is 7.77. The van der Waals surface area contributed by atoms with Crippen LogP contribution in [-0.4, -0.2) is 18.1 Å². The Labute approximate surface area is 93.5 Å². The normalized spacial score (nSPS) is 10.1. The highest BCUT2D eigenvalue weighted by atomic mass is 16.5. The highest BCUT2D eigenvalue weighted by Gasteiger charge is 2.12. The van der Waals surface area contributed by atoms with Crippen molar-refractivity contribution in [1.82, 2.24) is 5.16 Å². The predicted octanol–water partition coefficient (Wildman–Crippen LogP) is 1.88. The molecule has 1 aromatic carbocycles. The SMILES string of the molecule is CN(C(=O)Cc1ccon1)c1ccccc1. The summed E-state index contributed by atoms with van der Waals surface area (Å²) in [7, 11) is 1.75. The summed E-state index contributed by atoms with van der Waals surface area (Å²) in [6.07, 6.45) is 1.72. The fourth-order valence-electron chi connectivity index (χ4n) is 1.40. The molecule has 0 aliphatic heterocycles. The minimum Gasteiger partial charge on any atom is -0.364 e. The van der Waals surface area contributed by atoms with Crippen molar-refractivity contribution in [3.8, 4) is 0 Å². The number of benzene rings is 1. The summed E-state index contributed by atoms with van der Waals surface area (Å²) in [6.45, 7) is 0. The second-order valence-electron chi connectivity index (χ2n) is 3.46. The predicted molar refractivity (Wildman–Crippen MR) is 60.1 cm³/mol. The Morgan fingerprint density at radius 3 is 2.69 bits per heavy atom. The lowest BCUT2D eigenvalue weighted by Gasteiger charge is -2.16. The Hall–Kier alpha value is -2.10. The maximum Gasteiger partial charge on any atom is 0.232 e. The molecule has 2 aromatic rings. The number of likely N-dealkylation sites (N-methyl/N-ethyl adjacent to an activating group) is 1. The van der Waals surface area contributed by atoms with E-state index in [4.69, 9.17) is 0 Å². The first kappa shape index (κ1) is 10.4. The van der Waals surface area contributed by atoms with E-state index in [1.165, 1.54) is 6.26 Å².